The van der Waals surface area contributed by atoms with Gasteiger partial charge >= 0.3 is 5.97 Å². The molecule has 1 saturated heterocycles. The summed E-state index contributed by atoms with van der Waals surface area (Å²) in [6, 6.07) is 3.90. The smallest absolute Gasteiger partial charge is 0.352 e. The predicted octanol–water partition coefficient (Wildman–Crippen LogP) is 1.55. The van der Waals surface area contributed by atoms with Gasteiger partial charge in [-0.25, -0.2) is 9.78 Å². The number of aromatic nitrogens is 1. The number of nitrogens with zero attached hydrogens (tertiary/aromatic N) is 3. The molecule has 2 aliphatic rings. The van der Waals surface area contributed by atoms with Gasteiger partial charge in [-0.3, -0.25) is 19.3 Å². The van der Waals surface area contributed by atoms with Gasteiger partial charge in [0.1, 0.15) is 29.5 Å². The van der Waals surface area contributed by atoms with Gasteiger partial charge < -0.3 is 20.9 Å². The number of benzene rings is 1. The summed E-state index contributed by atoms with van der Waals surface area (Å²) in [5.74, 6) is -2.16. The molecular weight excluding hydrogens is 498 g/mol. The summed E-state index contributed by atoms with van der Waals surface area (Å²) in [4.78, 5) is 65.0. The molecule has 0 spiro atoms. The van der Waals surface area contributed by atoms with E-state index in [0.717, 1.165) is 16.2 Å². The topological polar surface area (TPSA) is 181 Å². The molecule has 12 nitrogen and oxygen atoms in total. The van der Waals surface area contributed by atoms with E-state index in [1.54, 1.807) is 24.3 Å². The lowest BCUT2D eigenvalue weighted by Gasteiger charge is -2.49. The Morgan fingerprint density at radius 3 is 2.63 bits per heavy atom. The Morgan fingerprint density at radius 2 is 2.06 bits per heavy atom. The van der Waals surface area contributed by atoms with Crippen molar-refractivity contribution in [1.82, 2.24) is 15.2 Å². The molecular formula is C21H19N5O7S2. The molecule has 14 heteroatoms. The minimum absolute atomic E-state index is 0.0711. The highest BCUT2D eigenvalue weighted by Crippen LogP contribution is 2.40. The van der Waals surface area contributed by atoms with Crippen molar-refractivity contribution in [2.75, 3.05) is 18.1 Å². The summed E-state index contributed by atoms with van der Waals surface area (Å²) in [5, 5.41) is 16.0. The van der Waals surface area contributed by atoms with Crippen molar-refractivity contribution in [3.05, 3.63) is 57.1 Å². The number of nitrogen functional groups attached to an aromatic ring is 1. The Labute approximate surface area is 206 Å². The van der Waals surface area contributed by atoms with Gasteiger partial charge in [0.15, 0.2) is 10.9 Å². The van der Waals surface area contributed by atoms with E-state index >= 15 is 0 Å². The van der Waals surface area contributed by atoms with Crippen LogP contribution in [0.5, 0.6) is 5.75 Å². The number of amides is 2. The van der Waals surface area contributed by atoms with Gasteiger partial charge in [0.05, 0.1) is 5.69 Å². The molecule has 0 radical (unpaired) electrons. The summed E-state index contributed by atoms with van der Waals surface area (Å²) in [5.41, 5.74) is 6.31. The number of nitroso groups, excluding NO2 is 1. The number of rotatable bonds is 9. The molecule has 3 atom stereocenters. The van der Waals surface area contributed by atoms with E-state index in [2.05, 4.69) is 15.5 Å². The number of carboxylic acid groups (broad SMARTS) is 1. The van der Waals surface area contributed by atoms with E-state index < -0.39 is 35.2 Å². The average Bonchev–Trinajstić information content (AvgIpc) is 3.26. The minimum atomic E-state index is -1.48. The first kappa shape index (κ1) is 24.3. The maximum Gasteiger partial charge on any atom is 0.352 e. The maximum absolute atomic E-state index is 12.8. The number of β-lactam (4-membered cyclic amide) rings is 1. The van der Waals surface area contributed by atoms with Crippen LogP contribution in [0, 0.1) is 4.91 Å². The average molecular weight is 518 g/mol. The van der Waals surface area contributed by atoms with Crippen LogP contribution in [0.3, 0.4) is 0 Å². The molecule has 4 rings (SSSR count). The largest absolute Gasteiger partial charge is 0.489 e. The van der Waals surface area contributed by atoms with Gasteiger partial charge in [0.25, 0.3) is 11.8 Å². The van der Waals surface area contributed by atoms with Gasteiger partial charge in [-0.05, 0) is 36.4 Å². The number of nitrogens with one attached hydrogen (secondary N) is 1. The van der Waals surface area contributed by atoms with Crippen molar-refractivity contribution in [3.8, 4) is 5.75 Å². The summed E-state index contributed by atoms with van der Waals surface area (Å²) in [7, 11) is 0. The van der Waals surface area contributed by atoms with Crippen molar-refractivity contribution < 1.29 is 29.0 Å². The molecule has 0 aliphatic carbocycles. The molecule has 0 bridgehead atoms. The van der Waals surface area contributed by atoms with Crippen LogP contribution in [-0.2, 0) is 14.4 Å². The number of anilines is 1. The molecule has 2 amide bonds. The third kappa shape index (κ3) is 4.74. The number of carbonyl (C=O) groups excluding carboxylic acids is 3. The van der Waals surface area contributed by atoms with E-state index in [1.165, 1.54) is 24.1 Å². The molecule has 1 fully saturated rings. The molecule has 2 aliphatic heterocycles. The van der Waals surface area contributed by atoms with E-state index in [4.69, 9.17) is 10.5 Å². The van der Waals surface area contributed by atoms with Crippen molar-refractivity contribution in [1.29, 1.82) is 0 Å². The van der Waals surface area contributed by atoms with Crippen molar-refractivity contribution in [2.24, 2.45) is 5.18 Å². The number of hydrogen-bond acceptors (Lipinski definition) is 11. The molecule has 2 aromatic rings. The lowest BCUT2D eigenvalue weighted by molar-refractivity contribution is -0.151. The van der Waals surface area contributed by atoms with Crippen LogP contribution in [0.25, 0.3) is 0 Å². The summed E-state index contributed by atoms with van der Waals surface area (Å²) in [6.07, 6.45) is 0. The number of fused-ring (bicyclic) bond motifs is 1. The Morgan fingerprint density at radius 1 is 1.34 bits per heavy atom. The number of thioether (sulfide) groups is 1. The van der Waals surface area contributed by atoms with Crippen LogP contribution < -0.4 is 15.8 Å². The van der Waals surface area contributed by atoms with Gasteiger partial charge in [-0.1, -0.05) is 0 Å². The predicted molar refractivity (Wildman–Crippen MR) is 127 cm³/mol. The zero-order valence-electron chi connectivity index (χ0n) is 18.2. The van der Waals surface area contributed by atoms with Crippen LogP contribution in [0.15, 0.2) is 46.1 Å². The fourth-order valence-corrected chi connectivity index (χ4v) is 5.55. The molecule has 182 valence electrons. The van der Waals surface area contributed by atoms with Crippen LogP contribution >= 0.6 is 23.1 Å². The van der Waals surface area contributed by atoms with E-state index in [-0.39, 0.29) is 34.7 Å². The quantitative estimate of drug-likeness (QED) is 0.251. The van der Waals surface area contributed by atoms with Crippen molar-refractivity contribution >= 4 is 51.8 Å². The van der Waals surface area contributed by atoms with Crippen LogP contribution in [-0.4, -0.2) is 62.3 Å². The molecule has 4 N–H and O–H groups in total. The standard InChI is InChI=1S/C21H19N5O7S2/c1-9(27)10-2-4-12(5-3-10)33-6-11-7-34-19-15(18(29)26(19)16(11)20(30)31)24-17(28)14(25-32)13-8-35-21(22)23-13/h2-5,8,14-15,19H,6-7H2,1H3,(H2,22,23)(H,24,28)(H,30,31)/t14?,15?,19-/m0/s1. The zero-order valence-corrected chi connectivity index (χ0v) is 19.8. The number of ketones is 1. The molecule has 0 saturated carbocycles. The molecule has 2 unspecified atom stereocenters. The Hall–Kier alpha value is -3.78. The monoisotopic (exact) mass is 517 g/mol. The second-order valence-corrected chi connectivity index (χ2v) is 9.64. The number of Topliss-reactive ketones (excluding diaryl/α,β-unsaturated/α-hetero) is 1. The molecule has 1 aromatic carbocycles. The van der Waals surface area contributed by atoms with E-state index in [1.807, 2.05) is 0 Å². The number of nitrogens with two attached hydrogens (primary N) is 1. The van der Waals surface area contributed by atoms with Crippen molar-refractivity contribution in [2.45, 2.75) is 24.4 Å². The number of thiazole rings is 1. The summed E-state index contributed by atoms with van der Waals surface area (Å²) >= 11 is 2.30. The minimum Gasteiger partial charge on any atom is -0.489 e. The highest BCUT2D eigenvalue weighted by atomic mass is 32.2. The number of carboxylic acids is 1. The van der Waals surface area contributed by atoms with Gasteiger partial charge in [-0.15, -0.1) is 28.0 Å². The Kier molecular flexibility index (Phi) is 6.84. The maximum atomic E-state index is 12.8. The second-order valence-electron chi connectivity index (χ2n) is 7.64. The first-order valence-electron chi connectivity index (χ1n) is 10.2. The van der Waals surface area contributed by atoms with Crippen LogP contribution in [0.4, 0.5) is 5.13 Å². The normalized spacial score (nSPS) is 19.9. The lowest BCUT2D eigenvalue weighted by Crippen LogP contribution is -2.71. The third-order valence-corrected chi connectivity index (χ3v) is 7.43. The van der Waals surface area contributed by atoms with Gasteiger partial charge in [0.2, 0.25) is 6.04 Å². The highest BCUT2D eigenvalue weighted by Gasteiger charge is 2.54. The number of hydrogen-bond donors (Lipinski definition) is 3. The molecule has 35 heavy (non-hydrogen) atoms. The molecule has 3 heterocycles. The SMILES string of the molecule is CC(=O)c1ccc(OCC2=C(C(=O)O)N3C(=O)C(NC(=O)C(N=O)c4csc(N)n4)[C@@H]3SC2)cc1. The van der Waals surface area contributed by atoms with Crippen LogP contribution in [0.1, 0.15) is 29.0 Å². The summed E-state index contributed by atoms with van der Waals surface area (Å²) in [6.45, 7) is 1.36. The summed E-state index contributed by atoms with van der Waals surface area (Å²) < 4.78 is 5.68. The van der Waals surface area contributed by atoms with Gasteiger partial charge in [0, 0.05) is 22.3 Å². The van der Waals surface area contributed by atoms with E-state index in [0.29, 0.717) is 16.9 Å². The first-order chi connectivity index (χ1) is 16.7. The lowest BCUT2D eigenvalue weighted by atomic mass is 10.0. The second kappa shape index (κ2) is 9.84. The highest BCUT2D eigenvalue weighted by molar-refractivity contribution is 8.00. The van der Waals surface area contributed by atoms with E-state index in [9.17, 15) is 29.2 Å². The third-order valence-electron chi connectivity index (χ3n) is 5.40. The number of aliphatic carboxylic acids is 1. The Balaban J connectivity index is 1.45. The van der Waals surface area contributed by atoms with Crippen molar-refractivity contribution in [3.63, 3.8) is 0 Å². The Bertz CT molecular complexity index is 1240. The zero-order chi connectivity index (χ0) is 25.3. The number of carbonyl (C=O) groups is 4. The van der Waals surface area contributed by atoms with Gasteiger partial charge in [-0.2, -0.15) is 0 Å². The fraction of sp³-hybridized carbons (Fsp3) is 0.286. The number of ether oxygens (including phenoxy) is 1. The first-order valence-corrected chi connectivity index (χ1v) is 12.1. The van der Waals surface area contributed by atoms with Crippen LogP contribution in [0.2, 0.25) is 0 Å². The molecule has 1 aromatic heterocycles. The fourth-order valence-electron chi connectivity index (χ4n) is 3.65.